The highest BCUT2D eigenvalue weighted by atomic mass is 35.5. The van der Waals surface area contributed by atoms with Gasteiger partial charge in [-0.05, 0) is 31.2 Å². The Morgan fingerprint density at radius 3 is 2.83 bits per heavy atom. The molecule has 0 aliphatic carbocycles. The number of hydrazone groups is 1. The van der Waals surface area contributed by atoms with Gasteiger partial charge in [0, 0.05) is 21.3 Å². The van der Waals surface area contributed by atoms with Crippen LogP contribution in [0.5, 0.6) is 0 Å². The van der Waals surface area contributed by atoms with Gasteiger partial charge in [-0.1, -0.05) is 35.3 Å². The molecule has 7 heteroatoms. The van der Waals surface area contributed by atoms with Crippen LogP contribution in [0.3, 0.4) is 0 Å². The minimum Gasteiger partial charge on any atom is -0.266 e. The van der Waals surface area contributed by atoms with Gasteiger partial charge in [-0.25, -0.2) is 5.43 Å². The average Bonchev–Trinajstić information content (AvgIpc) is 2.89. The number of rotatable bonds is 3. The van der Waals surface area contributed by atoms with Crippen LogP contribution in [-0.4, -0.2) is 16.6 Å². The van der Waals surface area contributed by atoms with Crippen molar-refractivity contribution in [2.45, 2.75) is 6.92 Å². The van der Waals surface area contributed by atoms with E-state index in [-0.39, 0.29) is 5.91 Å². The molecule has 3 rings (SSSR count). The van der Waals surface area contributed by atoms with E-state index in [1.54, 1.807) is 31.3 Å². The number of amides is 1. The molecule has 0 bridgehead atoms. The molecule has 0 unspecified atom stereocenters. The number of benzene rings is 1. The van der Waals surface area contributed by atoms with Gasteiger partial charge in [0.25, 0.3) is 5.91 Å². The Morgan fingerprint density at radius 1 is 1.26 bits per heavy atom. The smallest absolute Gasteiger partial charge is 0.266 e. The molecule has 1 N–H and O–H groups in total. The third-order valence-electron chi connectivity index (χ3n) is 3.16. The maximum atomic E-state index is 12.3. The molecule has 2 aromatic heterocycles. The largest absolute Gasteiger partial charge is 0.283 e. The summed E-state index contributed by atoms with van der Waals surface area (Å²) in [6.45, 7) is 1.77. The molecule has 4 nitrogen and oxygen atoms in total. The van der Waals surface area contributed by atoms with E-state index in [0.717, 1.165) is 10.1 Å². The summed E-state index contributed by atoms with van der Waals surface area (Å²) >= 11 is 13.5. The van der Waals surface area contributed by atoms with Crippen molar-refractivity contribution in [1.29, 1.82) is 0 Å². The number of halogens is 2. The number of carbonyl (C=O) groups is 1. The predicted octanol–water partition coefficient (Wildman–Crippen LogP) is 4.76. The molecular formula is C16H11Cl2N3OS. The molecular weight excluding hydrogens is 353 g/mol. The Bertz CT molecular complexity index is 906. The van der Waals surface area contributed by atoms with Crippen LogP contribution in [0.2, 0.25) is 10.0 Å². The molecule has 0 radical (unpaired) electrons. The van der Waals surface area contributed by atoms with Crippen molar-refractivity contribution in [1.82, 2.24) is 10.4 Å². The van der Waals surface area contributed by atoms with E-state index < -0.39 is 0 Å². The van der Waals surface area contributed by atoms with Crippen molar-refractivity contribution in [2.24, 2.45) is 5.10 Å². The van der Waals surface area contributed by atoms with Gasteiger partial charge in [0.05, 0.1) is 16.4 Å². The average molecular weight is 364 g/mol. The second kappa shape index (κ2) is 6.66. The quantitative estimate of drug-likeness (QED) is 0.538. The summed E-state index contributed by atoms with van der Waals surface area (Å²) in [6.07, 6.45) is 1.67. The monoisotopic (exact) mass is 363 g/mol. The lowest BCUT2D eigenvalue weighted by Crippen LogP contribution is -2.18. The first-order valence-corrected chi connectivity index (χ1v) is 8.27. The fourth-order valence-corrected chi connectivity index (χ4v) is 3.69. The number of thiophene rings is 1. The first-order chi connectivity index (χ1) is 11.1. The molecule has 0 saturated carbocycles. The zero-order valence-corrected chi connectivity index (χ0v) is 14.3. The van der Waals surface area contributed by atoms with Crippen LogP contribution >= 0.6 is 34.5 Å². The van der Waals surface area contributed by atoms with Gasteiger partial charge < -0.3 is 0 Å². The van der Waals surface area contributed by atoms with Crippen molar-refractivity contribution in [3.05, 3.63) is 63.2 Å². The summed E-state index contributed by atoms with van der Waals surface area (Å²) in [5.74, 6) is -0.359. The van der Waals surface area contributed by atoms with E-state index in [4.69, 9.17) is 23.2 Å². The number of hydrogen-bond acceptors (Lipinski definition) is 4. The zero-order chi connectivity index (χ0) is 16.4. The van der Waals surface area contributed by atoms with E-state index in [1.165, 1.54) is 11.3 Å². The van der Waals surface area contributed by atoms with Crippen LogP contribution in [0.25, 0.3) is 10.1 Å². The van der Waals surface area contributed by atoms with Crippen molar-refractivity contribution >= 4 is 56.2 Å². The first kappa shape index (κ1) is 15.9. The second-order valence-corrected chi connectivity index (χ2v) is 6.61. The van der Waals surface area contributed by atoms with Gasteiger partial charge in [-0.2, -0.15) is 5.10 Å². The van der Waals surface area contributed by atoms with Gasteiger partial charge in [0.1, 0.15) is 4.88 Å². The maximum absolute atomic E-state index is 12.3. The number of nitrogens with zero attached hydrogens (tertiary/aromatic N) is 2. The predicted molar refractivity (Wildman–Crippen MR) is 95.8 cm³/mol. The molecule has 3 aromatic rings. The molecule has 0 aliphatic heterocycles. The van der Waals surface area contributed by atoms with E-state index >= 15 is 0 Å². The number of hydrogen-bond donors (Lipinski definition) is 1. The van der Waals surface area contributed by atoms with Crippen molar-refractivity contribution < 1.29 is 4.79 Å². The van der Waals surface area contributed by atoms with E-state index in [2.05, 4.69) is 15.5 Å². The van der Waals surface area contributed by atoms with Gasteiger partial charge >= 0.3 is 0 Å². The number of fused-ring (bicyclic) bond motifs is 1. The lowest BCUT2D eigenvalue weighted by molar-refractivity contribution is 0.0959. The summed E-state index contributed by atoms with van der Waals surface area (Å²) in [7, 11) is 0. The summed E-state index contributed by atoms with van der Waals surface area (Å²) < 4.78 is 0.859. The van der Waals surface area contributed by atoms with Crippen molar-refractivity contribution in [3.63, 3.8) is 0 Å². The number of aromatic nitrogens is 1. The second-order valence-electron chi connectivity index (χ2n) is 4.74. The molecule has 0 saturated heterocycles. The molecule has 2 heterocycles. The summed E-state index contributed by atoms with van der Waals surface area (Å²) in [4.78, 5) is 16.9. The van der Waals surface area contributed by atoms with Crippen molar-refractivity contribution in [3.8, 4) is 0 Å². The lowest BCUT2D eigenvalue weighted by Gasteiger charge is -2.01. The van der Waals surface area contributed by atoms with Crippen LogP contribution in [0.15, 0.2) is 47.7 Å². The van der Waals surface area contributed by atoms with Crippen LogP contribution in [0.4, 0.5) is 0 Å². The minimum atomic E-state index is -0.359. The summed E-state index contributed by atoms with van der Waals surface area (Å²) in [5, 5.41) is 5.89. The zero-order valence-electron chi connectivity index (χ0n) is 12.0. The van der Waals surface area contributed by atoms with Crippen LogP contribution in [-0.2, 0) is 0 Å². The van der Waals surface area contributed by atoms with Crippen LogP contribution in [0.1, 0.15) is 22.3 Å². The molecule has 1 amide bonds. The van der Waals surface area contributed by atoms with E-state index in [9.17, 15) is 4.79 Å². The SMILES string of the molecule is C/C(=N/NC(=O)c1sc2cc(Cl)ccc2c1Cl)c1ccccn1. The minimum absolute atomic E-state index is 0.359. The fourth-order valence-electron chi connectivity index (χ4n) is 2.00. The molecule has 0 atom stereocenters. The molecule has 0 fully saturated rings. The topological polar surface area (TPSA) is 54.4 Å². The molecule has 0 aliphatic rings. The Kier molecular flexibility index (Phi) is 4.61. The highest BCUT2D eigenvalue weighted by molar-refractivity contribution is 7.21. The first-order valence-electron chi connectivity index (χ1n) is 6.70. The van der Waals surface area contributed by atoms with Gasteiger partial charge in [-0.3, -0.25) is 9.78 Å². The Labute approximate surface area is 146 Å². The number of nitrogens with one attached hydrogen (secondary N) is 1. The number of carbonyl (C=O) groups excluding carboxylic acids is 1. The molecule has 0 spiro atoms. The van der Waals surface area contributed by atoms with Gasteiger partial charge in [0.15, 0.2) is 0 Å². The Balaban J connectivity index is 1.85. The Morgan fingerprint density at radius 2 is 2.09 bits per heavy atom. The molecule has 1 aromatic carbocycles. The normalized spacial score (nSPS) is 11.7. The van der Waals surface area contributed by atoms with Crippen molar-refractivity contribution in [2.75, 3.05) is 0 Å². The summed E-state index contributed by atoms with van der Waals surface area (Å²) in [6, 6.07) is 10.8. The van der Waals surface area contributed by atoms with Gasteiger partial charge in [0.2, 0.25) is 0 Å². The number of pyridine rings is 1. The third kappa shape index (κ3) is 3.37. The standard InChI is InChI=1S/C16H11Cl2N3OS/c1-9(12-4-2-3-7-19-12)20-21-16(22)15-14(18)11-6-5-10(17)8-13(11)23-15/h2-8H,1H3,(H,21,22)/b20-9-. The third-order valence-corrected chi connectivity index (χ3v) is 5.05. The molecule has 23 heavy (non-hydrogen) atoms. The lowest BCUT2D eigenvalue weighted by atomic mass is 10.2. The maximum Gasteiger partial charge on any atom is 0.283 e. The van der Waals surface area contributed by atoms with Gasteiger partial charge in [-0.15, -0.1) is 11.3 Å². The summed E-state index contributed by atoms with van der Waals surface area (Å²) in [5.41, 5.74) is 3.82. The highest BCUT2D eigenvalue weighted by Gasteiger charge is 2.17. The van der Waals surface area contributed by atoms with E-state index in [0.29, 0.717) is 26.3 Å². The van der Waals surface area contributed by atoms with Crippen LogP contribution < -0.4 is 5.43 Å². The van der Waals surface area contributed by atoms with E-state index in [1.807, 2.05) is 18.2 Å². The fraction of sp³-hybridized carbons (Fsp3) is 0.0625. The Hall–Kier alpha value is -1.95. The van der Waals surface area contributed by atoms with Crippen LogP contribution in [0, 0.1) is 0 Å². The molecule has 116 valence electrons. The highest BCUT2D eigenvalue weighted by Crippen LogP contribution is 2.36.